The molecule has 0 aromatic carbocycles. The van der Waals surface area contributed by atoms with Crippen LogP contribution in [0.1, 0.15) is 24.0 Å². The smallest absolute Gasteiger partial charge is 0.227 e. The lowest BCUT2D eigenvalue weighted by Crippen LogP contribution is -2.49. The average Bonchev–Trinajstić information content (AvgIpc) is 2.46. The van der Waals surface area contributed by atoms with Gasteiger partial charge in [-0.05, 0) is 37.0 Å². The molecule has 0 spiro atoms. The maximum absolute atomic E-state index is 12.4. The van der Waals surface area contributed by atoms with Crippen LogP contribution in [0.25, 0.3) is 0 Å². The van der Waals surface area contributed by atoms with E-state index in [0.717, 1.165) is 11.1 Å². The van der Waals surface area contributed by atoms with Crippen molar-refractivity contribution in [3.63, 3.8) is 0 Å². The van der Waals surface area contributed by atoms with E-state index >= 15 is 0 Å². The Bertz CT molecular complexity index is 442. The quantitative estimate of drug-likeness (QED) is 0.841. The van der Waals surface area contributed by atoms with E-state index in [4.69, 9.17) is 10.5 Å². The molecule has 1 saturated heterocycles. The molecular formula is C14H21N3O2. The lowest BCUT2D eigenvalue weighted by atomic mass is 9.79. The summed E-state index contributed by atoms with van der Waals surface area (Å²) in [5.74, 6) is 0.0292. The SMILES string of the molecule is Cc1ccncc1CNC(=O)C1(CN)CCOCC1. The first kappa shape index (κ1) is 14.0. The standard InChI is InChI=1S/C14H21N3O2/c1-11-2-5-16-8-12(11)9-17-13(18)14(10-15)3-6-19-7-4-14/h2,5,8H,3-4,6-7,9-10,15H2,1H3,(H,17,18). The number of nitrogens with one attached hydrogen (secondary N) is 1. The van der Waals surface area contributed by atoms with E-state index in [9.17, 15) is 4.79 Å². The summed E-state index contributed by atoms with van der Waals surface area (Å²) >= 11 is 0. The lowest BCUT2D eigenvalue weighted by molar-refractivity contribution is -0.136. The molecule has 0 saturated carbocycles. The molecule has 2 heterocycles. The van der Waals surface area contributed by atoms with Crippen LogP contribution < -0.4 is 11.1 Å². The summed E-state index contributed by atoms with van der Waals surface area (Å²) in [6.07, 6.45) is 4.93. The van der Waals surface area contributed by atoms with Gasteiger partial charge in [-0.25, -0.2) is 0 Å². The average molecular weight is 263 g/mol. The van der Waals surface area contributed by atoms with E-state index in [1.54, 1.807) is 12.4 Å². The first-order chi connectivity index (χ1) is 9.18. The molecule has 0 radical (unpaired) electrons. The molecule has 0 bridgehead atoms. The second-order valence-corrected chi connectivity index (χ2v) is 5.08. The van der Waals surface area contributed by atoms with Crippen LogP contribution in [-0.4, -0.2) is 30.6 Å². The molecule has 0 unspecified atom stereocenters. The molecule has 1 aliphatic rings. The molecule has 3 N–H and O–H groups in total. The van der Waals surface area contributed by atoms with E-state index < -0.39 is 5.41 Å². The Morgan fingerprint density at radius 3 is 2.89 bits per heavy atom. The summed E-state index contributed by atoms with van der Waals surface area (Å²) in [5.41, 5.74) is 7.51. The van der Waals surface area contributed by atoms with Gasteiger partial charge in [-0.2, -0.15) is 0 Å². The fourth-order valence-corrected chi connectivity index (χ4v) is 2.33. The Morgan fingerprint density at radius 1 is 1.53 bits per heavy atom. The van der Waals surface area contributed by atoms with E-state index in [-0.39, 0.29) is 5.91 Å². The number of pyridine rings is 1. The Morgan fingerprint density at radius 2 is 2.26 bits per heavy atom. The van der Waals surface area contributed by atoms with Gasteiger partial charge in [-0.15, -0.1) is 0 Å². The van der Waals surface area contributed by atoms with Crippen LogP contribution in [0.5, 0.6) is 0 Å². The monoisotopic (exact) mass is 263 g/mol. The molecule has 2 rings (SSSR count). The molecule has 19 heavy (non-hydrogen) atoms. The van der Waals surface area contributed by atoms with Gasteiger partial charge in [0.15, 0.2) is 0 Å². The highest BCUT2D eigenvalue weighted by molar-refractivity contribution is 5.83. The third kappa shape index (κ3) is 3.11. The van der Waals surface area contributed by atoms with Crippen molar-refractivity contribution in [2.45, 2.75) is 26.3 Å². The number of hydrogen-bond donors (Lipinski definition) is 2. The van der Waals surface area contributed by atoms with E-state index in [2.05, 4.69) is 10.3 Å². The van der Waals surface area contributed by atoms with Crippen LogP contribution in [0.3, 0.4) is 0 Å². The summed E-state index contributed by atoms with van der Waals surface area (Å²) in [4.78, 5) is 16.4. The van der Waals surface area contributed by atoms with Gasteiger partial charge in [0.2, 0.25) is 5.91 Å². The number of aryl methyl sites for hydroxylation is 1. The van der Waals surface area contributed by atoms with E-state index in [0.29, 0.717) is 39.1 Å². The molecule has 1 aromatic rings. The number of amides is 1. The fourth-order valence-electron chi connectivity index (χ4n) is 2.33. The number of aromatic nitrogens is 1. The van der Waals surface area contributed by atoms with Crippen molar-refractivity contribution in [3.8, 4) is 0 Å². The van der Waals surface area contributed by atoms with Gasteiger partial charge >= 0.3 is 0 Å². The molecule has 1 amide bonds. The summed E-state index contributed by atoms with van der Waals surface area (Å²) in [6.45, 7) is 4.10. The zero-order chi connectivity index (χ0) is 13.7. The molecule has 0 aliphatic carbocycles. The Balaban J connectivity index is 1.98. The summed E-state index contributed by atoms with van der Waals surface area (Å²) in [6, 6.07) is 1.94. The summed E-state index contributed by atoms with van der Waals surface area (Å²) < 4.78 is 5.31. The Hall–Kier alpha value is -1.46. The minimum atomic E-state index is -0.464. The molecular weight excluding hydrogens is 242 g/mol. The topological polar surface area (TPSA) is 77.2 Å². The second-order valence-electron chi connectivity index (χ2n) is 5.08. The molecule has 5 heteroatoms. The van der Waals surface area contributed by atoms with Crippen molar-refractivity contribution in [2.24, 2.45) is 11.1 Å². The fraction of sp³-hybridized carbons (Fsp3) is 0.571. The van der Waals surface area contributed by atoms with Gasteiger partial charge in [-0.3, -0.25) is 9.78 Å². The first-order valence-corrected chi connectivity index (χ1v) is 6.63. The second kappa shape index (κ2) is 6.12. The predicted molar refractivity (Wildman–Crippen MR) is 72.4 cm³/mol. The number of rotatable bonds is 4. The van der Waals surface area contributed by atoms with Gasteiger partial charge in [0.05, 0.1) is 5.41 Å². The van der Waals surface area contributed by atoms with E-state index in [1.165, 1.54) is 0 Å². The van der Waals surface area contributed by atoms with Crippen molar-refractivity contribution in [3.05, 3.63) is 29.6 Å². The van der Waals surface area contributed by atoms with Gasteiger partial charge in [0.1, 0.15) is 0 Å². The van der Waals surface area contributed by atoms with Crippen molar-refractivity contribution in [2.75, 3.05) is 19.8 Å². The highest BCUT2D eigenvalue weighted by atomic mass is 16.5. The molecule has 0 atom stereocenters. The number of carbonyl (C=O) groups is 1. The van der Waals surface area contributed by atoms with Gasteiger partial charge in [0, 0.05) is 38.7 Å². The predicted octanol–water partition coefficient (Wildman–Crippen LogP) is 0.762. The van der Waals surface area contributed by atoms with Crippen LogP contribution in [-0.2, 0) is 16.1 Å². The van der Waals surface area contributed by atoms with Crippen LogP contribution in [0.15, 0.2) is 18.5 Å². The first-order valence-electron chi connectivity index (χ1n) is 6.63. The largest absolute Gasteiger partial charge is 0.381 e. The molecule has 1 aliphatic heterocycles. The van der Waals surface area contributed by atoms with Crippen molar-refractivity contribution in [1.82, 2.24) is 10.3 Å². The van der Waals surface area contributed by atoms with Crippen molar-refractivity contribution >= 4 is 5.91 Å². The molecule has 104 valence electrons. The lowest BCUT2D eigenvalue weighted by Gasteiger charge is -2.34. The van der Waals surface area contributed by atoms with Crippen LogP contribution >= 0.6 is 0 Å². The highest BCUT2D eigenvalue weighted by Gasteiger charge is 2.38. The van der Waals surface area contributed by atoms with Crippen molar-refractivity contribution in [1.29, 1.82) is 0 Å². The number of nitrogens with two attached hydrogens (primary N) is 1. The van der Waals surface area contributed by atoms with E-state index in [1.807, 2.05) is 13.0 Å². The van der Waals surface area contributed by atoms with Gasteiger partial charge in [-0.1, -0.05) is 0 Å². The minimum absolute atomic E-state index is 0.0292. The Kier molecular flexibility index (Phi) is 4.50. The van der Waals surface area contributed by atoms with Crippen LogP contribution in [0, 0.1) is 12.3 Å². The summed E-state index contributed by atoms with van der Waals surface area (Å²) in [5, 5.41) is 2.99. The summed E-state index contributed by atoms with van der Waals surface area (Å²) in [7, 11) is 0. The van der Waals surface area contributed by atoms with Gasteiger partial charge < -0.3 is 15.8 Å². The third-order valence-corrected chi connectivity index (χ3v) is 3.91. The van der Waals surface area contributed by atoms with Gasteiger partial charge in [0.25, 0.3) is 0 Å². The van der Waals surface area contributed by atoms with Crippen LogP contribution in [0.4, 0.5) is 0 Å². The highest BCUT2D eigenvalue weighted by Crippen LogP contribution is 2.29. The maximum Gasteiger partial charge on any atom is 0.227 e. The minimum Gasteiger partial charge on any atom is -0.381 e. The number of hydrogen-bond acceptors (Lipinski definition) is 4. The van der Waals surface area contributed by atoms with Crippen molar-refractivity contribution < 1.29 is 9.53 Å². The third-order valence-electron chi connectivity index (χ3n) is 3.91. The zero-order valence-corrected chi connectivity index (χ0v) is 11.3. The number of nitrogens with zero attached hydrogens (tertiary/aromatic N) is 1. The number of carbonyl (C=O) groups excluding carboxylic acids is 1. The maximum atomic E-state index is 12.4. The number of ether oxygens (including phenoxy) is 1. The zero-order valence-electron chi connectivity index (χ0n) is 11.3. The Labute approximate surface area is 113 Å². The normalized spacial score (nSPS) is 18.0. The molecule has 1 aromatic heterocycles. The van der Waals surface area contributed by atoms with Crippen LogP contribution in [0.2, 0.25) is 0 Å². The molecule has 5 nitrogen and oxygen atoms in total. The molecule has 1 fully saturated rings.